The molecule has 2 rings (SSSR count). The number of carboxylic acid groups (broad SMARTS) is 1. The van der Waals surface area contributed by atoms with Gasteiger partial charge >= 0.3 is 10.8 Å². The van der Waals surface area contributed by atoms with E-state index < -0.39 is 5.97 Å². The first-order valence-corrected chi connectivity index (χ1v) is 7.00. The number of carboxylic acids is 1. The van der Waals surface area contributed by atoms with Gasteiger partial charge in [0.2, 0.25) is 0 Å². The SMILES string of the molecule is O=C(O)CCCn1c(-c2ccccc2Cl)csc1=O. The van der Waals surface area contributed by atoms with Crippen molar-refractivity contribution in [3.05, 3.63) is 44.3 Å². The average Bonchev–Trinajstić information content (AvgIpc) is 2.72. The number of halogens is 1. The number of hydrogen-bond acceptors (Lipinski definition) is 3. The van der Waals surface area contributed by atoms with Crippen LogP contribution in [0.1, 0.15) is 12.8 Å². The van der Waals surface area contributed by atoms with Gasteiger partial charge in [-0.2, -0.15) is 0 Å². The van der Waals surface area contributed by atoms with E-state index in [1.54, 1.807) is 16.0 Å². The smallest absolute Gasteiger partial charge is 0.307 e. The van der Waals surface area contributed by atoms with Crippen LogP contribution in [0.3, 0.4) is 0 Å². The van der Waals surface area contributed by atoms with Gasteiger partial charge in [-0.3, -0.25) is 14.2 Å². The van der Waals surface area contributed by atoms with Crippen LogP contribution >= 0.6 is 22.9 Å². The number of rotatable bonds is 5. The maximum Gasteiger partial charge on any atom is 0.307 e. The predicted octanol–water partition coefficient (Wildman–Crippen LogP) is 3.10. The summed E-state index contributed by atoms with van der Waals surface area (Å²) < 4.78 is 1.58. The van der Waals surface area contributed by atoms with Gasteiger partial charge in [0, 0.05) is 28.9 Å². The molecular formula is C13H12ClNO3S. The van der Waals surface area contributed by atoms with E-state index in [-0.39, 0.29) is 11.3 Å². The summed E-state index contributed by atoms with van der Waals surface area (Å²) in [5, 5.41) is 11.0. The molecule has 0 bridgehead atoms. The van der Waals surface area contributed by atoms with Crippen molar-refractivity contribution in [1.82, 2.24) is 4.57 Å². The molecule has 0 spiro atoms. The monoisotopic (exact) mass is 297 g/mol. The van der Waals surface area contributed by atoms with Crippen LogP contribution in [0.2, 0.25) is 5.02 Å². The van der Waals surface area contributed by atoms with Crippen molar-refractivity contribution in [2.24, 2.45) is 0 Å². The number of carbonyl (C=O) groups is 1. The zero-order chi connectivity index (χ0) is 13.8. The molecule has 19 heavy (non-hydrogen) atoms. The largest absolute Gasteiger partial charge is 0.481 e. The van der Waals surface area contributed by atoms with Crippen LogP contribution in [0, 0.1) is 0 Å². The fraction of sp³-hybridized carbons (Fsp3) is 0.231. The van der Waals surface area contributed by atoms with Crippen LogP contribution in [-0.2, 0) is 11.3 Å². The van der Waals surface area contributed by atoms with Gasteiger partial charge in [-0.15, -0.1) is 0 Å². The molecule has 1 heterocycles. The zero-order valence-corrected chi connectivity index (χ0v) is 11.6. The quantitative estimate of drug-likeness (QED) is 0.922. The molecule has 1 aromatic carbocycles. The lowest BCUT2D eigenvalue weighted by Crippen LogP contribution is -2.15. The summed E-state index contributed by atoms with van der Waals surface area (Å²) in [5.41, 5.74) is 1.53. The minimum atomic E-state index is -0.859. The minimum absolute atomic E-state index is 0.0459. The molecule has 0 atom stereocenters. The normalized spacial score (nSPS) is 10.6. The van der Waals surface area contributed by atoms with Crippen molar-refractivity contribution >= 4 is 28.9 Å². The third-order valence-electron chi connectivity index (χ3n) is 2.70. The Kier molecular flexibility index (Phi) is 4.39. The first kappa shape index (κ1) is 13.8. The van der Waals surface area contributed by atoms with Crippen LogP contribution in [0.5, 0.6) is 0 Å². The van der Waals surface area contributed by atoms with Gasteiger partial charge in [-0.25, -0.2) is 0 Å². The third-order valence-corrected chi connectivity index (χ3v) is 3.80. The number of nitrogens with zero attached hydrogens (tertiary/aromatic N) is 1. The summed E-state index contributed by atoms with van der Waals surface area (Å²) in [5.74, 6) is -0.859. The maximum atomic E-state index is 11.8. The molecule has 0 aliphatic rings. The number of hydrogen-bond donors (Lipinski definition) is 1. The second-order valence-corrected chi connectivity index (χ2v) is 5.24. The topological polar surface area (TPSA) is 59.3 Å². The standard InChI is InChI=1S/C13H12ClNO3S/c14-10-5-2-1-4-9(10)11-8-19-13(18)15(11)7-3-6-12(16)17/h1-2,4-5,8H,3,6-7H2,(H,16,17). The summed E-state index contributed by atoms with van der Waals surface area (Å²) in [6.07, 6.45) is 0.466. The molecule has 2 aromatic rings. The van der Waals surface area contributed by atoms with Gasteiger partial charge in [-0.1, -0.05) is 41.1 Å². The molecule has 4 nitrogen and oxygen atoms in total. The molecule has 0 aliphatic heterocycles. The third kappa shape index (κ3) is 3.24. The molecule has 0 fully saturated rings. The van der Waals surface area contributed by atoms with Crippen molar-refractivity contribution < 1.29 is 9.90 Å². The minimum Gasteiger partial charge on any atom is -0.481 e. The van der Waals surface area contributed by atoms with E-state index in [4.69, 9.17) is 16.7 Å². The van der Waals surface area contributed by atoms with E-state index >= 15 is 0 Å². The second-order valence-electron chi connectivity index (χ2n) is 4.02. The highest BCUT2D eigenvalue weighted by Crippen LogP contribution is 2.27. The molecule has 1 aromatic heterocycles. The van der Waals surface area contributed by atoms with Crippen LogP contribution in [0.15, 0.2) is 34.4 Å². The van der Waals surface area contributed by atoms with Gasteiger partial charge in [0.25, 0.3) is 0 Å². The summed E-state index contributed by atoms with van der Waals surface area (Å²) in [6, 6.07) is 7.29. The van der Waals surface area contributed by atoms with Gasteiger partial charge in [-0.05, 0) is 12.5 Å². The second kappa shape index (κ2) is 6.04. The van der Waals surface area contributed by atoms with Gasteiger partial charge in [0.1, 0.15) is 0 Å². The number of aromatic nitrogens is 1. The van der Waals surface area contributed by atoms with E-state index in [0.717, 1.165) is 22.6 Å². The molecule has 100 valence electrons. The van der Waals surface area contributed by atoms with Crippen molar-refractivity contribution in [3.63, 3.8) is 0 Å². The lowest BCUT2D eigenvalue weighted by atomic mass is 10.1. The number of aliphatic carboxylic acids is 1. The van der Waals surface area contributed by atoms with E-state index in [0.29, 0.717) is 18.0 Å². The van der Waals surface area contributed by atoms with Gasteiger partial charge in [0.15, 0.2) is 0 Å². The Bertz CT molecular complexity index is 647. The summed E-state index contributed by atoms with van der Waals surface area (Å²) >= 11 is 7.21. The van der Waals surface area contributed by atoms with E-state index in [2.05, 4.69) is 0 Å². The highest BCUT2D eigenvalue weighted by molar-refractivity contribution is 7.07. The first-order valence-electron chi connectivity index (χ1n) is 5.74. The molecular weight excluding hydrogens is 286 g/mol. The summed E-state index contributed by atoms with van der Waals surface area (Å²) in [4.78, 5) is 22.2. The molecule has 0 aliphatic carbocycles. The highest BCUT2D eigenvalue weighted by Gasteiger charge is 2.11. The molecule has 0 radical (unpaired) electrons. The van der Waals surface area contributed by atoms with Crippen molar-refractivity contribution in [3.8, 4) is 11.3 Å². The Balaban J connectivity index is 2.30. The molecule has 0 amide bonds. The summed E-state index contributed by atoms with van der Waals surface area (Å²) in [6.45, 7) is 0.384. The van der Waals surface area contributed by atoms with Crippen LogP contribution < -0.4 is 4.87 Å². The molecule has 0 saturated carbocycles. The molecule has 6 heteroatoms. The van der Waals surface area contributed by atoms with E-state index in [9.17, 15) is 9.59 Å². The number of thiazole rings is 1. The van der Waals surface area contributed by atoms with E-state index in [1.807, 2.05) is 18.2 Å². The molecule has 1 N–H and O–H groups in total. The van der Waals surface area contributed by atoms with E-state index in [1.165, 1.54) is 0 Å². The Labute approximate surface area is 118 Å². The van der Waals surface area contributed by atoms with Crippen LogP contribution in [-0.4, -0.2) is 15.6 Å². The first-order chi connectivity index (χ1) is 9.09. The van der Waals surface area contributed by atoms with Crippen LogP contribution in [0.4, 0.5) is 0 Å². The molecule has 0 unspecified atom stereocenters. The molecule has 0 saturated heterocycles. The number of benzene rings is 1. The Morgan fingerprint density at radius 1 is 1.37 bits per heavy atom. The average molecular weight is 298 g/mol. The Hall–Kier alpha value is -1.59. The summed E-state index contributed by atoms with van der Waals surface area (Å²) in [7, 11) is 0. The van der Waals surface area contributed by atoms with Gasteiger partial charge < -0.3 is 5.11 Å². The lowest BCUT2D eigenvalue weighted by molar-refractivity contribution is -0.137. The maximum absolute atomic E-state index is 11.8. The Morgan fingerprint density at radius 3 is 2.79 bits per heavy atom. The fourth-order valence-electron chi connectivity index (χ4n) is 1.81. The van der Waals surface area contributed by atoms with Gasteiger partial charge in [0.05, 0.1) is 5.69 Å². The van der Waals surface area contributed by atoms with Crippen molar-refractivity contribution in [2.75, 3.05) is 0 Å². The van der Waals surface area contributed by atoms with Crippen molar-refractivity contribution in [1.29, 1.82) is 0 Å². The zero-order valence-electron chi connectivity index (χ0n) is 10.0. The fourth-order valence-corrected chi connectivity index (χ4v) is 2.83. The Morgan fingerprint density at radius 2 is 2.11 bits per heavy atom. The van der Waals surface area contributed by atoms with Crippen molar-refractivity contribution in [2.45, 2.75) is 19.4 Å². The predicted molar refractivity (Wildman–Crippen MR) is 75.9 cm³/mol. The van der Waals surface area contributed by atoms with Crippen LogP contribution in [0.25, 0.3) is 11.3 Å². The lowest BCUT2D eigenvalue weighted by Gasteiger charge is -2.08. The highest BCUT2D eigenvalue weighted by atomic mass is 35.5.